The highest BCUT2D eigenvalue weighted by Crippen LogP contribution is 2.36. The number of amides is 1. The summed E-state index contributed by atoms with van der Waals surface area (Å²) in [4.78, 5) is 33.6. The number of carbonyl (C=O) groups excluding carboxylic acids is 1. The van der Waals surface area contributed by atoms with E-state index in [4.69, 9.17) is 0 Å². The third-order valence-corrected chi connectivity index (χ3v) is 7.79. The number of thiazole rings is 2. The Balaban J connectivity index is 1.51. The third kappa shape index (κ3) is 3.95. The van der Waals surface area contributed by atoms with Gasteiger partial charge in [0.25, 0.3) is 11.6 Å². The van der Waals surface area contributed by atoms with Crippen molar-refractivity contribution in [2.45, 2.75) is 16.2 Å². The van der Waals surface area contributed by atoms with Crippen LogP contribution in [-0.4, -0.2) is 20.8 Å². The molecule has 0 atom stereocenters. The normalized spacial score (nSPS) is 11.2. The third-order valence-electron chi connectivity index (χ3n) is 4.72. The van der Waals surface area contributed by atoms with Crippen molar-refractivity contribution in [3.05, 3.63) is 81.3 Å². The number of aromatic nitrogens is 2. The van der Waals surface area contributed by atoms with E-state index in [1.165, 1.54) is 46.6 Å². The van der Waals surface area contributed by atoms with Gasteiger partial charge >= 0.3 is 0 Å². The molecule has 0 aliphatic heterocycles. The van der Waals surface area contributed by atoms with Crippen LogP contribution in [0.4, 0.5) is 10.8 Å². The lowest BCUT2D eigenvalue weighted by Crippen LogP contribution is -2.13. The highest BCUT2D eigenvalue weighted by Gasteiger charge is 2.20. The molecule has 5 rings (SSSR count). The molecule has 0 radical (unpaired) electrons. The van der Waals surface area contributed by atoms with Crippen LogP contribution in [0.2, 0.25) is 0 Å². The average Bonchev–Trinajstić information content (AvgIpc) is 3.39. The largest absolute Gasteiger partial charge is 0.298 e. The molecule has 0 spiro atoms. The average molecular weight is 479 g/mol. The van der Waals surface area contributed by atoms with Crippen molar-refractivity contribution in [1.82, 2.24) is 9.97 Å². The van der Waals surface area contributed by atoms with Gasteiger partial charge in [-0.15, -0.1) is 11.3 Å². The van der Waals surface area contributed by atoms with E-state index in [0.29, 0.717) is 10.0 Å². The number of carbonyl (C=O) groups is 1. The molecule has 0 aliphatic rings. The Hall–Kier alpha value is -3.34. The summed E-state index contributed by atoms with van der Waals surface area (Å²) in [6, 6.07) is 16.2. The van der Waals surface area contributed by atoms with Crippen molar-refractivity contribution in [2.24, 2.45) is 0 Å². The van der Waals surface area contributed by atoms with E-state index in [1.54, 1.807) is 6.07 Å². The van der Waals surface area contributed by atoms with Gasteiger partial charge in [0.05, 0.1) is 20.7 Å². The number of aryl methyl sites for hydroxylation is 1. The number of nitro benzene ring substituents is 1. The number of anilines is 1. The van der Waals surface area contributed by atoms with Crippen LogP contribution in [-0.2, 0) is 0 Å². The monoisotopic (exact) mass is 478 g/mol. The maximum atomic E-state index is 13.1. The quantitative estimate of drug-likeness (QED) is 0.228. The Labute approximate surface area is 194 Å². The van der Waals surface area contributed by atoms with E-state index in [-0.39, 0.29) is 11.3 Å². The van der Waals surface area contributed by atoms with E-state index < -0.39 is 10.8 Å². The molecule has 7 nitrogen and oxygen atoms in total. The molecule has 1 N–H and O–H groups in total. The smallest absolute Gasteiger partial charge is 0.270 e. The van der Waals surface area contributed by atoms with Crippen molar-refractivity contribution in [1.29, 1.82) is 0 Å². The Morgan fingerprint density at radius 3 is 2.75 bits per heavy atom. The predicted octanol–water partition coefficient (Wildman–Crippen LogP) is 6.53. The molecule has 2 heterocycles. The highest BCUT2D eigenvalue weighted by molar-refractivity contribution is 8.01. The van der Waals surface area contributed by atoms with E-state index in [1.807, 2.05) is 48.7 Å². The van der Waals surface area contributed by atoms with E-state index in [9.17, 15) is 14.9 Å². The number of nitro groups is 1. The van der Waals surface area contributed by atoms with Gasteiger partial charge in [0, 0.05) is 33.5 Å². The molecule has 10 heteroatoms. The second kappa shape index (κ2) is 8.30. The van der Waals surface area contributed by atoms with Gasteiger partial charge in [-0.25, -0.2) is 9.97 Å². The Bertz CT molecular complexity index is 1510. The van der Waals surface area contributed by atoms with Crippen molar-refractivity contribution in [3.63, 3.8) is 0 Å². The molecule has 3 aromatic carbocycles. The lowest BCUT2D eigenvalue weighted by molar-refractivity contribution is -0.384. The number of benzene rings is 3. The van der Waals surface area contributed by atoms with Crippen LogP contribution in [0, 0.1) is 17.0 Å². The summed E-state index contributed by atoms with van der Waals surface area (Å²) >= 11 is 4.13. The molecule has 0 saturated heterocycles. The number of non-ortho nitro benzene ring substituents is 1. The lowest BCUT2D eigenvalue weighted by atomic mass is 10.1. The number of hydrogen-bond donors (Lipinski definition) is 1. The summed E-state index contributed by atoms with van der Waals surface area (Å²) in [7, 11) is 0. The Kier molecular flexibility index (Phi) is 5.33. The zero-order valence-corrected chi connectivity index (χ0v) is 19.0. The molecule has 0 fully saturated rings. The van der Waals surface area contributed by atoms with E-state index >= 15 is 0 Å². The van der Waals surface area contributed by atoms with Gasteiger partial charge in [0.15, 0.2) is 9.47 Å². The number of nitrogens with one attached hydrogen (secondary N) is 1. The van der Waals surface area contributed by atoms with Crippen molar-refractivity contribution in [3.8, 4) is 0 Å². The predicted molar refractivity (Wildman–Crippen MR) is 129 cm³/mol. The number of rotatable bonds is 5. The lowest BCUT2D eigenvalue weighted by Gasteiger charge is -2.07. The second-order valence-corrected chi connectivity index (χ2v) is 10.1. The van der Waals surface area contributed by atoms with Crippen molar-refractivity contribution < 1.29 is 9.72 Å². The fourth-order valence-electron chi connectivity index (χ4n) is 3.25. The number of nitrogens with zero attached hydrogens (tertiary/aromatic N) is 3. The summed E-state index contributed by atoms with van der Waals surface area (Å²) in [5.41, 5.74) is 1.76. The highest BCUT2D eigenvalue weighted by atomic mass is 32.2. The maximum Gasteiger partial charge on any atom is 0.270 e. The summed E-state index contributed by atoms with van der Waals surface area (Å²) < 4.78 is 1.71. The molecule has 0 unspecified atom stereocenters. The molecule has 5 aromatic rings. The fourth-order valence-corrected chi connectivity index (χ4v) is 6.03. The number of fused-ring (bicyclic) bond motifs is 3. The maximum absolute atomic E-state index is 13.1. The van der Waals surface area contributed by atoms with Gasteiger partial charge in [-0.2, -0.15) is 0 Å². The van der Waals surface area contributed by atoms with Crippen LogP contribution in [0.5, 0.6) is 0 Å². The van der Waals surface area contributed by atoms with Gasteiger partial charge in [0.2, 0.25) is 0 Å². The minimum Gasteiger partial charge on any atom is -0.298 e. The first-order valence-electron chi connectivity index (χ1n) is 9.46. The standard InChI is InChI=1S/C22H14N4O3S3/c1-12-11-30-22(23-12)32-17-9-7-14(26(28)29)10-16(17)20(27)25-21-24-19-15-5-3-2-4-13(15)6-8-18(19)31-21/h2-11H,1H3,(H,24,25,27). The zero-order chi connectivity index (χ0) is 22.2. The molecular formula is C22H14N4O3S3. The minimum absolute atomic E-state index is 0.148. The Morgan fingerprint density at radius 2 is 1.97 bits per heavy atom. The molecular weight excluding hydrogens is 464 g/mol. The van der Waals surface area contributed by atoms with Crippen LogP contribution >= 0.6 is 34.4 Å². The van der Waals surface area contributed by atoms with Gasteiger partial charge in [-0.05, 0) is 24.4 Å². The first-order valence-corrected chi connectivity index (χ1v) is 12.0. The molecule has 2 aromatic heterocycles. The molecule has 0 bridgehead atoms. The fraction of sp³-hybridized carbons (Fsp3) is 0.0455. The summed E-state index contributed by atoms with van der Waals surface area (Å²) in [5, 5.41) is 18.6. The van der Waals surface area contributed by atoms with E-state index in [0.717, 1.165) is 31.0 Å². The Morgan fingerprint density at radius 1 is 1.12 bits per heavy atom. The van der Waals surface area contributed by atoms with Gasteiger partial charge < -0.3 is 0 Å². The van der Waals surface area contributed by atoms with Crippen LogP contribution < -0.4 is 5.32 Å². The first kappa shape index (κ1) is 20.6. The van der Waals surface area contributed by atoms with Crippen LogP contribution in [0.15, 0.2) is 69.2 Å². The molecule has 158 valence electrons. The van der Waals surface area contributed by atoms with Crippen LogP contribution in [0.3, 0.4) is 0 Å². The van der Waals surface area contributed by atoms with Crippen molar-refractivity contribution >= 4 is 72.2 Å². The van der Waals surface area contributed by atoms with Crippen LogP contribution in [0.25, 0.3) is 21.0 Å². The van der Waals surface area contributed by atoms with Crippen molar-refractivity contribution in [2.75, 3.05) is 5.32 Å². The molecule has 32 heavy (non-hydrogen) atoms. The topological polar surface area (TPSA) is 98.0 Å². The SMILES string of the molecule is Cc1csc(Sc2ccc([N+](=O)[O-])cc2C(=O)Nc2nc3c(ccc4ccccc43)s2)n1. The van der Waals surface area contributed by atoms with E-state index in [2.05, 4.69) is 15.3 Å². The number of hydrogen-bond acceptors (Lipinski definition) is 8. The second-order valence-electron chi connectivity index (χ2n) is 6.90. The first-order chi connectivity index (χ1) is 15.5. The minimum atomic E-state index is -0.511. The van der Waals surface area contributed by atoms with Gasteiger partial charge in [-0.1, -0.05) is 53.4 Å². The summed E-state index contributed by atoms with van der Waals surface area (Å²) in [5.74, 6) is -0.451. The molecule has 1 amide bonds. The summed E-state index contributed by atoms with van der Waals surface area (Å²) in [6.07, 6.45) is 0. The van der Waals surface area contributed by atoms with Gasteiger partial charge in [0.1, 0.15) is 0 Å². The molecule has 0 aliphatic carbocycles. The van der Waals surface area contributed by atoms with Gasteiger partial charge in [-0.3, -0.25) is 20.2 Å². The summed E-state index contributed by atoms with van der Waals surface area (Å²) in [6.45, 7) is 1.89. The molecule has 0 saturated carbocycles. The zero-order valence-electron chi connectivity index (χ0n) is 16.6. The van der Waals surface area contributed by atoms with Crippen LogP contribution in [0.1, 0.15) is 16.1 Å².